The fourth-order valence-corrected chi connectivity index (χ4v) is 4.29. The molecule has 2 amide bonds. The van der Waals surface area contributed by atoms with Crippen LogP contribution in [0.2, 0.25) is 5.02 Å². The number of amides is 2. The van der Waals surface area contributed by atoms with E-state index in [4.69, 9.17) is 11.6 Å². The van der Waals surface area contributed by atoms with E-state index in [1.807, 2.05) is 12.1 Å². The van der Waals surface area contributed by atoms with Crippen LogP contribution in [0.4, 0.5) is 23.7 Å². The molecule has 0 spiro atoms. The van der Waals surface area contributed by atoms with E-state index < -0.39 is 5.51 Å². The zero-order valence-electron chi connectivity index (χ0n) is 16.7. The number of alkyl halides is 3. The zero-order valence-corrected chi connectivity index (χ0v) is 18.3. The Morgan fingerprint density at radius 3 is 2.56 bits per heavy atom. The van der Waals surface area contributed by atoms with Gasteiger partial charge >= 0.3 is 11.5 Å². The van der Waals surface area contributed by atoms with Crippen molar-refractivity contribution in [2.45, 2.75) is 35.8 Å². The molecule has 1 atom stereocenters. The standard InChI is InChI=1S/C21H19ClF3N5OS/c22-15-5-3-14(4-6-15)12-30-19(26-13-27-30)18-2-1-11-29(18)20(31)28-16-7-9-17(10-8-16)32-21(23,24)25/h3-10,13,18H,1-2,11-12H2,(H,28,31)/t18-/m1/s1. The van der Waals surface area contributed by atoms with Gasteiger partial charge in [0.2, 0.25) is 0 Å². The molecular formula is C21H19ClF3N5OS. The minimum atomic E-state index is -4.35. The monoisotopic (exact) mass is 481 g/mol. The molecule has 32 heavy (non-hydrogen) atoms. The van der Waals surface area contributed by atoms with Crippen molar-refractivity contribution in [3.63, 3.8) is 0 Å². The lowest BCUT2D eigenvalue weighted by atomic mass is 10.2. The summed E-state index contributed by atoms with van der Waals surface area (Å²) in [6, 6.07) is 12.4. The van der Waals surface area contributed by atoms with Gasteiger partial charge in [0.15, 0.2) is 0 Å². The number of hydrogen-bond donors (Lipinski definition) is 1. The number of carbonyl (C=O) groups excluding carboxylic acids is 1. The first-order chi connectivity index (χ1) is 15.3. The van der Waals surface area contributed by atoms with Gasteiger partial charge in [-0.1, -0.05) is 23.7 Å². The summed E-state index contributed by atoms with van der Waals surface area (Å²) in [5.41, 5.74) is -2.92. The van der Waals surface area contributed by atoms with E-state index in [1.165, 1.54) is 30.6 Å². The van der Waals surface area contributed by atoms with Crippen molar-refractivity contribution in [1.82, 2.24) is 19.7 Å². The molecule has 1 saturated heterocycles. The van der Waals surface area contributed by atoms with Crippen molar-refractivity contribution in [2.75, 3.05) is 11.9 Å². The summed E-state index contributed by atoms with van der Waals surface area (Å²) >= 11 is 5.76. The Kier molecular flexibility index (Phi) is 6.61. The second-order valence-corrected chi connectivity index (χ2v) is 8.83. The molecule has 168 valence electrons. The van der Waals surface area contributed by atoms with Crippen LogP contribution >= 0.6 is 23.4 Å². The molecule has 1 aliphatic rings. The highest BCUT2D eigenvalue weighted by molar-refractivity contribution is 8.00. The minimum absolute atomic E-state index is 0.0600. The van der Waals surface area contributed by atoms with Gasteiger partial charge < -0.3 is 10.2 Å². The van der Waals surface area contributed by atoms with Crippen LogP contribution in [0.15, 0.2) is 59.8 Å². The van der Waals surface area contributed by atoms with Crippen LogP contribution in [0, 0.1) is 0 Å². The van der Waals surface area contributed by atoms with Gasteiger partial charge in [-0.05, 0) is 66.6 Å². The summed E-state index contributed by atoms with van der Waals surface area (Å²) in [7, 11) is 0. The Morgan fingerprint density at radius 2 is 1.88 bits per heavy atom. The number of halogens is 4. The third kappa shape index (κ3) is 5.55. The van der Waals surface area contributed by atoms with Gasteiger partial charge in [0, 0.05) is 22.2 Å². The van der Waals surface area contributed by atoms with Crippen LogP contribution in [0.1, 0.15) is 30.3 Å². The number of likely N-dealkylation sites (tertiary alicyclic amines) is 1. The first-order valence-electron chi connectivity index (χ1n) is 9.84. The molecule has 11 heteroatoms. The Hall–Kier alpha value is -2.72. The highest BCUT2D eigenvalue weighted by Gasteiger charge is 2.33. The topological polar surface area (TPSA) is 63.1 Å². The number of urea groups is 1. The van der Waals surface area contributed by atoms with Crippen molar-refractivity contribution >= 4 is 35.1 Å². The van der Waals surface area contributed by atoms with E-state index in [9.17, 15) is 18.0 Å². The van der Waals surface area contributed by atoms with Crippen molar-refractivity contribution < 1.29 is 18.0 Å². The maximum Gasteiger partial charge on any atom is 0.446 e. The summed E-state index contributed by atoms with van der Waals surface area (Å²) in [4.78, 5) is 19.0. The van der Waals surface area contributed by atoms with Gasteiger partial charge in [-0.2, -0.15) is 18.3 Å². The Bertz CT molecular complexity index is 1070. The van der Waals surface area contributed by atoms with Crippen molar-refractivity contribution in [2.24, 2.45) is 0 Å². The molecule has 2 heterocycles. The van der Waals surface area contributed by atoms with Crippen LogP contribution in [-0.2, 0) is 6.54 Å². The summed E-state index contributed by atoms with van der Waals surface area (Å²) in [5.74, 6) is 0.685. The van der Waals surface area contributed by atoms with Crippen LogP contribution in [0.5, 0.6) is 0 Å². The molecular weight excluding hydrogens is 463 g/mol. The largest absolute Gasteiger partial charge is 0.446 e. The van der Waals surface area contributed by atoms with E-state index in [1.54, 1.807) is 21.7 Å². The molecule has 1 aliphatic heterocycles. The Balaban J connectivity index is 1.44. The summed E-state index contributed by atoms with van der Waals surface area (Å²) in [6.07, 6.45) is 3.03. The molecule has 1 N–H and O–H groups in total. The third-order valence-electron chi connectivity index (χ3n) is 5.04. The molecule has 3 aromatic rings. The molecule has 1 fully saturated rings. The molecule has 0 radical (unpaired) electrons. The maximum absolute atomic E-state index is 12.9. The quantitative estimate of drug-likeness (QED) is 0.457. The predicted molar refractivity (Wildman–Crippen MR) is 117 cm³/mol. The minimum Gasteiger partial charge on any atom is -0.314 e. The number of hydrogen-bond acceptors (Lipinski definition) is 4. The number of anilines is 1. The molecule has 6 nitrogen and oxygen atoms in total. The molecule has 0 bridgehead atoms. The van der Waals surface area contributed by atoms with Gasteiger partial charge in [0.05, 0.1) is 12.6 Å². The molecule has 4 rings (SSSR count). The van der Waals surface area contributed by atoms with E-state index >= 15 is 0 Å². The smallest absolute Gasteiger partial charge is 0.314 e. The van der Waals surface area contributed by atoms with Gasteiger partial charge in [0.25, 0.3) is 0 Å². The van der Waals surface area contributed by atoms with E-state index in [0.717, 1.165) is 18.4 Å². The van der Waals surface area contributed by atoms with Gasteiger partial charge in [-0.25, -0.2) is 14.5 Å². The average molecular weight is 482 g/mol. The summed E-state index contributed by atoms with van der Waals surface area (Å²) in [5, 5.41) is 7.73. The number of nitrogens with one attached hydrogen (secondary N) is 1. The third-order valence-corrected chi connectivity index (χ3v) is 6.03. The van der Waals surface area contributed by atoms with Crippen LogP contribution in [-0.4, -0.2) is 37.7 Å². The van der Waals surface area contributed by atoms with Crippen molar-refractivity contribution in [1.29, 1.82) is 0 Å². The number of aromatic nitrogens is 3. The fraction of sp³-hybridized carbons (Fsp3) is 0.286. The fourth-order valence-electron chi connectivity index (χ4n) is 3.63. The zero-order chi connectivity index (χ0) is 22.7. The first kappa shape index (κ1) is 22.5. The van der Waals surface area contributed by atoms with Gasteiger partial charge in [0.1, 0.15) is 12.2 Å². The lowest BCUT2D eigenvalue weighted by Crippen LogP contribution is -2.35. The molecule has 1 aromatic heterocycles. The SMILES string of the molecule is O=C(Nc1ccc(SC(F)(F)F)cc1)N1CCC[C@@H]1c1ncnn1Cc1ccc(Cl)cc1. The summed E-state index contributed by atoms with van der Waals surface area (Å²) < 4.78 is 39.2. The highest BCUT2D eigenvalue weighted by atomic mass is 35.5. The second kappa shape index (κ2) is 9.41. The van der Waals surface area contributed by atoms with Crippen LogP contribution < -0.4 is 5.32 Å². The number of benzene rings is 2. The Morgan fingerprint density at radius 1 is 1.16 bits per heavy atom. The van der Waals surface area contributed by atoms with E-state index in [0.29, 0.717) is 29.6 Å². The Labute approximate surface area is 191 Å². The van der Waals surface area contributed by atoms with Gasteiger partial charge in [-0.3, -0.25) is 0 Å². The normalized spacial score (nSPS) is 16.4. The maximum atomic E-state index is 12.9. The lowest BCUT2D eigenvalue weighted by Gasteiger charge is -2.25. The first-order valence-corrected chi connectivity index (χ1v) is 11.0. The molecule has 0 aliphatic carbocycles. The van der Waals surface area contributed by atoms with Crippen LogP contribution in [0.25, 0.3) is 0 Å². The average Bonchev–Trinajstić information content (AvgIpc) is 3.39. The lowest BCUT2D eigenvalue weighted by molar-refractivity contribution is -0.0328. The summed E-state index contributed by atoms with van der Waals surface area (Å²) in [6.45, 7) is 1.04. The number of rotatable bonds is 5. The number of carbonyl (C=O) groups is 1. The van der Waals surface area contributed by atoms with Gasteiger partial charge in [-0.15, -0.1) is 0 Å². The van der Waals surface area contributed by atoms with E-state index in [2.05, 4.69) is 15.4 Å². The predicted octanol–water partition coefficient (Wildman–Crippen LogP) is 5.96. The van der Waals surface area contributed by atoms with Crippen molar-refractivity contribution in [3.8, 4) is 0 Å². The van der Waals surface area contributed by atoms with Crippen LogP contribution in [0.3, 0.4) is 0 Å². The second-order valence-electron chi connectivity index (χ2n) is 7.26. The highest BCUT2D eigenvalue weighted by Crippen LogP contribution is 2.37. The number of thioether (sulfide) groups is 1. The molecule has 0 saturated carbocycles. The molecule has 2 aromatic carbocycles. The number of nitrogens with zero attached hydrogens (tertiary/aromatic N) is 4. The van der Waals surface area contributed by atoms with E-state index in [-0.39, 0.29) is 28.7 Å². The van der Waals surface area contributed by atoms with Crippen molar-refractivity contribution in [3.05, 3.63) is 71.3 Å². The molecule has 0 unspecified atom stereocenters.